The third-order valence-corrected chi connectivity index (χ3v) is 4.36. The molecular weight excluding hydrogens is 272 g/mol. The highest BCUT2D eigenvalue weighted by Crippen LogP contribution is 2.28. The van der Waals surface area contributed by atoms with Gasteiger partial charge in [0.2, 0.25) is 0 Å². The van der Waals surface area contributed by atoms with Crippen molar-refractivity contribution >= 4 is 5.82 Å². The lowest BCUT2D eigenvalue weighted by Gasteiger charge is -2.34. The van der Waals surface area contributed by atoms with Crippen molar-refractivity contribution in [2.24, 2.45) is 0 Å². The maximum Gasteiger partial charge on any atom is 0.135 e. The second kappa shape index (κ2) is 6.05. The van der Waals surface area contributed by atoms with Crippen LogP contribution < -0.4 is 4.90 Å². The third-order valence-electron chi connectivity index (χ3n) is 4.36. The summed E-state index contributed by atoms with van der Waals surface area (Å²) >= 11 is 0. The van der Waals surface area contributed by atoms with Crippen LogP contribution >= 0.6 is 0 Å². The summed E-state index contributed by atoms with van der Waals surface area (Å²) in [7, 11) is 2.17. The molecule has 0 bridgehead atoms. The van der Waals surface area contributed by atoms with Crippen molar-refractivity contribution < 1.29 is 0 Å². The Balaban J connectivity index is 2.00. The van der Waals surface area contributed by atoms with Crippen LogP contribution in [0, 0.1) is 20.8 Å². The van der Waals surface area contributed by atoms with Gasteiger partial charge in [0.1, 0.15) is 11.6 Å². The van der Waals surface area contributed by atoms with Gasteiger partial charge in [-0.2, -0.15) is 0 Å². The predicted octanol–water partition coefficient (Wildman–Crippen LogP) is 2.82. The summed E-state index contributed by atoms with van der Waals surface area (Å²) in [6.07, 6.45) is 0. The number of hydrogen-bond acceptors (Lipinski definition) is 4. The van der Waals surface area contributed by atoms with Crippen molar-refractivity contribution in [2.45, 2.75) is 20.8 Å². The number of anilines is 1. The van der Waals surface area contributed by atoms with E-state index in [0.29, 0.717) is 0 Å². The highest BCUT2D eigenvalue weighted by Gasteiger charge is 2.20. The van der Waals surface area contributed by atoms with Crippen LogP contribution in [0.25, 0.3) is 11.3 Å². The van der Waals surface area contributed by atoms with E-state index in [1.165, 1.54) is 16.7 Å². The Morgan fingerprint density at radius 3 is 2.14 bits per heavy atom. The van der Waals surface area contributed by atoms with Gasteiger partial charge in [0.25, 0.3) is 0 Å². The number of piperazine rings is 1. The van der Waals surface area contributed by atoms with Crippen molar-refractivity contribution in [2.75, 3.05) is 38.1 Å². The first-order valence-corrected chi connectivity index (χ1v) is 7.90. The summed E-state index contributed by atoms with van der Waals surface area (Å²) < 4.78 is 0. The molecule has 1 aromatic carbocycles. The van der Waals surface area contributed by atoms with Crippen molar-refractivity contribution in [1.82, 2.24) is 14.9 Å². The number of rotatable bonds is 2. The molecule has 1 aliphatic rings. The van der Waals surface area contributed by atoms with Crippen LogP contribution in [0.2, 0.25) is 0 Å². The minimum absolute atomic E-state index is 0.843. The average molecular weight is 296 g/mol. The molecule has 1 fully saturated rings. The lowest BCUT2D eigenvalue weighted by atomic mass is 10.0. The Kier molecular flexibility index (Phi) is 4.12. The number of benzene rings is 1. The van der Waals surface area contributed by atoms with Gasteiger partial charge in [-0.25, -0.2) is 9.97 Å². The molecule has 0 amide bonds. The Hall–Kier alpha value is -1.94. The summed E-state index contributed by atoms with van der Waals surface area (Å²) in [6.45, 7) is 10.5. The zero-order chi connectivity index (χ0) is 15.7. The quantitative estimate of drug-likeness (QED) is 0.853. The predicted molar refractivity (Wildman–Crippen MR) is 91.4 cm³/mol. The Bertz CT molecular complexity index is 656. The van der Waals surface area contributed by atoms with Gasteiger partial charge in [-0.3, -0.25) is 0 Å². The Labute approximate surface area is 132 Å². The lowest BCUT2D eigenvalue weighted by molar-refractivity contribution is 0.312. The molecule has 0 radical (unpaired) electrons. The van der Waals surface area contributed by atoms with Gasteiger partial charge >= 0.3 is 0 Å². The first-order chi connectivity index (χ1) is 10.5. The summed E-state index contributed by atoms with van der Waals surface area (Å²) in [4.78, 5) is 14.2. The van der Waals surface area contributed by atoms with E-state index in [1.54, 1.807) is 0 Å². The van der Waals surface area contributed by atoms with Crippen molar-refractivity contribution in [3.8, 4) is 11.3 Å². The highest BCUT2D eigenvalue weighted by molar-refractivity contribution is 5.69. The largest absolute Gasteiger partial charge is 0.354 e. The number of hydrogen-bond donors (Lipinski definition) is 0. The normalized spacial score (nSPS) is 16.1. The fraction of sp³-hybridized carbons (Fsp3) is 0.444. The van der Waals surface area contributed by atoms with Crippen LogP contribution in [-0.4, -0.2) is 48.1 Å². The van der Waals surface area contributed by atoms with Crippen molar-refractivity contribution in [3.05, 3.63) is 41.2 Å². The molecule has 1 aliphatic heterocycles. The first kappa shape index (κ1) is 15.0. The molecule has 1 saturated heterocycles. The van der Waals surface area contributed by atoms with Gasteiger partial charge in [-0.15, -0.1) is 0 Å². The van der Waals surface area contributed by atoms with Gasteiger partial charge in [-0.1, -0.05) is 29.8 Å². The van der Waals surface area contributed by atoms with E-state index < -0.39 is 0 Å². The zero-order valence-corrected chi connectivity index (χ0v) is 13.9. The van der Waals surface area contributed by atoms with E-state index in [9.17, 15) is 0 Å². The van der Waals surface area contributed by atoms with E-state index in [2.05, 4.69) is 55.0 Å². The Morgan fingerprint density at radius 2 is 1.50 bits per heavy atom. The fourth-order valence-corrected chi connectivity index (χ4v) is 2.93. The second-order valence-corrected chi connectivity index (χ2v) is 6.22. The van der Waals surface area contributed by atoms with E-state index in [4.69, 9.17) is 9.97 Å². The highest BCUT2D eigenvalue weighted by atomic mass is 15.3. The van der Waals surface area contributed by atoms with E-state index in [0.717, 1.165) is 43.5 Å². The molecule has 22 heavy (non-hydrogen) atoms. The summed E-state index contributed by atoms with van der Waals surface area (Å²) in [6, 6.07) is 8.58. The van der Waals surface area contributed by atoms with Crippen LogP contribution in [0.1, 0.15) is 17.0 Å². The molecule has 1 aromatic heterocycles. The average Bonchev–Trinajstić information content (AvgIpc) is 2.51. The maximum absolute atomic E-state index is 4.72. The minimum atomic E-state index is 0.843. The van der Waals surface area contributed by atoms with Crippen LogP contribution in [0.4, 0.5) is 5.82 Å². The van der Waals surface area contributed by atoms with Gasteiger partial charge in [0.15, 0.2) is 0 Å². The monoisotopic (exact) mass is 296 g/mol. The molecular formula is C18H24N4. The fourth-order valence-electron chi connectivity index (χ4n) is 2.93. The molecule has 0 unspecified atom stereocenters. The van der Waals surface area contributed by atoms with E-state index in [-0.39, 0.29) is 0 Å². The van der Waals surface area contributed by atoms with Crippen molar-refractivity contribution in [1.29, 1.82) is 0 Å². The molecule has 0 atom stereocenters. The molecule has 0 aliphatic carbocycles. The van der Waals surface area contributed by atoms with Crippen LogP contribution in [0.5, 0.6) is 0 Å². The first-order valence-electron chi connectivity index (χ1n) is 7.90. The third kappa shape index (κ3) is 2.97. The number of nitrogens with zero attached hydrogens (tertiary/aromatic N) is 4. The minimum Gasteiger partial charge on any atom is -0.354 e. The molecule has 0 spiro atoms. The van der Waals surface area contributed by atoms with E-state index in [1.807, 2.05) is 6.92 Å². The molecule has 3 rings (SSSR count). The molecule has 0 N–H and O–H groups in total. The van der Waals surface area contributed by atoms with E-state index >= 15 is 0 Å². The van der Waals surface area contributed by atoms with Gasteiger partial charge in [-0.05, 0) is 27.8 Å². The summed E-state index contributed by atoms with van der Waals surface area (Å²) in [5.74, 6) is 1.94. The molecule has 2 aromatic rings. The molecule has 4 nitrogen and oxygen atoms in total. The standard InChI is InChI=1S/C18H24N4/c1-13-5-7-16(8-6-13)17-14(2)18(20-15(3)19-17)22-11-9-21(4)10-12-22/h5-8H,9-12H2,1-4H3. The number of aryl methyl sites for hydroxylation is 2. The van der Waals surface area contributed by atoms with Gasteiger partial charge < -0.3 is 9.80 Å². The Morgan fingerprint density at radius 1 is 0.864 bits per heavy atom. The summed E-state index contributed by atoms with van der Waals surface area (Å²) in [5.41, 5.74) is 4.68. The molecule has 0 saturated carbocycles. The lowest BCUT2D eigenvalue weighted by Crippen LogP contribution is -2.45. The summed E-state index contributed by atoms with van der Waals surface area (Å²) in [5, 5.41) is 0. The van der Waals surface area contributed by atoms with Crippen LogP contribution in [0.15, 0.2) is 24.3 Å². The van der Waals surface area contributed by atoms with Crippen LogP contribution in [0.3, 0.4) is 0 Å². The molecule has 4 heteroatoms. The number of aromatic nitrogens is 2. The van der Waals surface area contributed by atoms with Crippen LogP contribution in [-0.2, 0) is 0 Å². The van der Waals surface area contributed by atoms with Gasteiger partial charge in [0.05, 0.1) is 5.69 Å². The second-order valence-electron chi connectivity index (χ2n) is 6.22. The zero-order valence-electron chi connectivity index (χ0n) is 13.9. The van der Waals surface area contributed by atoms with Gasteiger partial charge in [0, 0.05) is 37.3 Å². The number of likely N-dealkylation sites (N-methyl/N-ethyl adjacent to an activating group) is 1. The SMILES string of the molecule is Cc1ccc(-c2nc(C)nc(N3CCN(C)CC3)c2C)cc1. The smallest absolute Gasteiger partial charge is 0.135 e. The van der Waals surface area contributed by atoms with Crippen molar-refractivity contribution in [3.63, 3.8) is 0 Å². The topological polar surface area (TPSA) is 32.3 Å². The molecule has 116 valence electrons. The maximum atomic E-state index is 4.72. The molecule has 2 heterocycles.